The van der Waals surface area contributed by atoms with Crippen molar-refractivity contribution in [2.24, 2.45) is 5.92 Å². The van der Waals surface area contributed by atoms with Crippen LogP contribution in [0.4, 0.5) is 10.5 Å². The molecule has 194 valence electrons. The molecule has 2 N–H and O–H groups in total. The standard InChI is InChI=1S/C27H36N4O4S/c1-18-9-5-6-10-20(18)26(32)28-24-13-14-25(22-12-8-7-11-21(22)24)36(34,35)29-23-15-16-31(17-19(23)2)27(33)30(3)4/h5-6,9-10,13-14,19,23,29H,7-8,11-12,15-17H2,1-4H3,(H,28,32)/t19-,23+/m0/s1. The van der Waals surface area contributed by atoms with Crippen LogP contribution in [0.3, 0.4) is 0 Å². The van der Waals surface area contributed by atoms with Crippen LogP contribution >= 0.6 is 0 Å². The van der Waals surface area contributed by atoms with E-state index in [1.54, 1.807) is 42.1 Å². The Labute approximate surface area is 214 Å². The number of fused-ring (bicyclic) bond motifs is 1. The number of rotatable bonds is 5. The van der Waals surface area contributed by atoms with Crippen molar-refractivity contribution >= 4 is 27.6 Å². The number of benzene rings is 2. The molecule has 0 bridgehead atoms. The van der Waals surface area contributed by atoms with E-state index < -0.39 is 10.0 Å². The van der Waals surface area contributed by atoms with E-state index in [2.05, 4.69) is 10.0 Å². The van der Waals surface area contributed by atoms with Gasteiger partial charge in [0.2, 0.25) is 10.0 Å². The highest BCUT2D eigenvalue weighted by Gasteiger charge is 2.34. The summed E-state index contributed by atoms with van der Waals surface area (Å²) in [5.74, 6) is -0.205. The lowest BCUT2D eigenvalue weighted by Crippen LogP contribution is -2.53. The molecule has 2 aromatic carbocycles. The summed E-state index contributed by atoms with van der Waals surface area (Å²) in [5.41, 5.74) is 3.88. The molecule has 1 heterocycles. The quantitative estimate of drug-likeness (QED) is 0.637. The van der Waals surface area contributed by atoms with E-state index in [9.17, 15) is 18.0 Å². The smallest absolute Gasteiger partial charge is 0.319 e. The number of urea groups is 1. The molecule has 0 radical (unpaired) electrons. The van der Waals surface area contributed by atoms with E-state index in [-0.39, 0.29) is 23.9 Å². The van der Waals surface area contributed by atoms with E-state index in [4.69, 9.17) is 0 Å². The minimum absolute atomic E-state index is 0.0130. The Morgan fingerprint density at radius 3 is 2.39 bits per heavy atom. The molecule has 2 atom stereocenters. The van der Waals surface area contributed by atoms with E-state index in [0.29, 0.717) is 42.1 Å². The average Bonchev–Trinajstić information content (AvgIpc) is 2.85. The van der Waals surface area contributed by atoms with Crippen LogP contribution in [0.5, 0.6) is 0 Å². The maximum absolute atomic E-state index is 13.6. The molecule has 2 aromatic rings. The molecule has 1 aliphatic heterocycles. The third kappa shape index (κ3) is 5.42. The highest BCUT2D eigenvalue weighted by molar-refractivity contribution is 7.89. The van der Waals surface area contributed by atoms with Crippen LogP contribution in [-0.4, -0.2) is 63.4 Å². The van der Waals surface area contributed by atoms with Crippen LogP contribution in [0.15, 0.2) is 41.3 Å². The van der Waals surface area contributed by atoms with Crippen LogP contribution in [-0.2, 0) is 22.9 Å². The first-order chi connectivity index (χ1) is 17.1. The van der Waals surface area contributed by atoms with Crippen molar-refractivity contribution in [1.29, 1.82) is 0 Å². The number of carbonyl (C=O) groups is 2. The number of hydrogen-bond acceptors (Lipinski definition) is 4. The fraction of sp³-hybridized carbons (Fsp3) is 0.481. The van der Waals surface area contributed by atoms with Crippen molar-refractivity contribution in [1.82, 2.24) is 14.5 Å². The van der Waals surface area contributed by atoms with Crippen molar-refractivity contribution in [3.8, 4) is 0 Å². The van der Waals surface area contributed by atoms with Gasteiger partial charge in [-0.1, -0.05) is 25.1 Å². The van der Waals surface area contributed by atoms with Gasteiger partial charge >= 0.3 is 6.03 Å². The maximum Gasteiger partial charge on any atom is 0.319 e. The highest BCUT2D eigenvalue weighted by Crippen LogP contribution is 2.34. The summed E-state index contributed by atoms with van der Waals surface area (Å²) < 4.78 is 30.0. The summed E-state index contributed by atoms with van der Waals surface area (Å²) in [6.07, 6.45) is 3.81. The summed E-state index contributed by atoms with van der Waals surface area (Å²) in [6, 6.07) is 10.4. The molecule has 8 nitrogen and oxygen atoms in total. The maximum atomic E-state index is 13.6. The number of amides is 3. The highest BCUT2D eigenvalue weighted by atomic mass is 32.2. The number of nitrogens with zero attached hydrogens (tertiary/aromatic N) is 2. The van der Waals surface area contributed by atoms with Gasteiger partial charge in [-0.05, 0) is 79.8 Å². The summed E-state index contributed by atoms with van der Waals surface area (Å²) in [6.45, 7) is 4.89. The second-order valence-electron chi connectivity index (χ2n) is 10.2. The van der Waals surface area contributed by atoms with Gasteiger partial charge in [-0.15, -0.1) is 0 Å². The lowest BCUT2D eigenvalue weighted by Gasteiger charge is -2.38. The molecule has 1 fully saturated rings. The molecule has 0 aromatic heterocycles. The summed E-state index contributed by atoms with van der Waals surface area (Å²) in [4.78, 5) is 28.9. The number of piperidine rings is 1. The van der Waals surface area contributed by atoms with Crippen molar-refractivity contribution in [3.63, 3.8) is 0 Å². The second kappa shape index (κ2) is 10.6. The molecule has 36 heavy (non-hydrogen) atoms. The summed E-state index contributed by atoms with van der Waals surface area (Å²) in [7, 11) is -0.328. The second-order valence-corrected chi connectivity index (χ2v) is 11.8. The Hall–Kier alpha value is -2.91. The van der Waals surface area contributed by atoms with Gasteiger partial charge < -0.3 is 15.1 Å². The molecule has 1 aliphatic carbocycles. The molecule has 1 saturated heterocycles. The van der Waals surface area contributed by atoms with Crippen LogP contribution < -0.4 is 10.0 Å². The van der Waals surface area contributed by atoms with Crippen LogP contribution in [0.25, 0.3) is 0 Å². The van der Waals surface area contributed by atoms with Crippen molar-refractivity contribution in [2.75, 3.05) is 32.5 Å². The van der Waals surface area contributed by atoms with Crippen LogP contribution in [0.2, 0.25) is 0 Å². The molecule has 0 unspecified atom stereocenters. The van der Waals surface area contributed by atoms with Gasteiger partial charge in [0, 0.05) is 44.5 Å². The molecule has 0 saturated carbocycles. The van der Waals surface area contributed by atoms with E-state index in [0.717, 1.165) is 36.0 Å². The zero-order chi connectivity index (χ0) is 26.0. The Kier molecular flexibility index (Phi) is 7.70. The van der Waals surface area contributed by atoms with Gasteiger partial charge in [-0.2, -0.15) is 0 Å². The molecular formula is C27H36N4O4S. The van der Waals surface area contributed by atoms with E-state index >= 15 is 0 Å². The fourth-order valence-electron chi connectivity index (χ4n) is 5.26. The van der Waals surface area contributed by atoms with Crippen LogP contribution in [0.1, 0.15) is 53.2 Å². The molecule has 9 heteroatoms. The third-order valence-corrected chi connectivity index (χ3v) is 8.86. The number of anilines is 1. The molecule has 4 rings (SSSR count). The molecule has 2 aliphatic rings. The minimum Gasteiger partial charge on any atom is -0.331 e. The fourth-order valence-corrected chi connectivity index (χ4v) is 6.93. The minimum atomic E-state index is -3.77. The van der Waals surface area contributed by atoms with E-state index in [1.165, 1.54) is 0 Å². The van der Waals surface area contributed by atoms with Crippen molar-refractivity contribution in [3.05, 3.63) is 58.7 Å². The number of sulfonamides is 1. The first-order valence-corrected chi connectivity index (χ1v) is 14.1. The van der Waals surface area contributed by atoms with Gasteiger partial charge in [0.15, 0.2) is 0 Å². The van der Waals surface area contributed by atoms with Gasteiger partial charge in [-0.25, -0.2) is 17.9 Å². The third-order valence-electron chi connectivity index (χ3n) is 7.28. The number of aryl methyl sites for hydroxylation is 1. The molecular weight excluding hydrogens is 476 g/mol. The number of carbonyl (C=O) groups excluding carboxylic acids is 2. The molecule has 0 spiro atoms. The normalized spacial score (nSPS) is 19.9. The first kappa shape index (κ1) is 26.2. The van der Waals surface area contributed by atoms with Gasteiger partial charge in [0.25, 0.3) is 5.91 Å². The number of likely N-dealkylation sites (tertiary alicyclic amines) is 1. The summed E-state index contributed by atoms with van der Waals surface area (Å²) in [5, 5.41) is 3.02. The number of hydrogen-bond donors (Lipinski definition) is 2. The predicted octanol–water partition coefficient (Wildman–Crippen LogP) is 3.80. The van der Waals surface area contributed by atoms with Gasteiger partial charge in [0.05, 0.1) is 4.90 Å². The van der Waals surface area contributed by atoms with Crippen molar-refractivity contribution in [2.45, 2.75) is 56.9 Å². The Morgan fingerprint density at radius 1 is 1.03 bits per heavy atom. The SMILES string of the molecule is Cc1ccccc1C(=O)Nc1ccc(S(=O)(=O)N[C@@H]2CCN(C(=O)N(C)C)C[C@@H]2C)c2c1CCCC2. The molecule has 3 amide bonds. The monoisotopic (exact) mass is 512 g/mol. The van der Waals surface area contributed by atoms with Crippen LogP contribution in [0, 0.1) is 12.8 Å². The largest absolute Gasteiger partial charge is 0.331 e. The zero-order valence-electron chi connectivity index (χ0n) is 21.5. The van der Waals surface area contributed by atoms with Gasteiger partial charge in [0.1, 0.15) is 0 Å². The van der Waals surface area contributed by atoms with Gasteiger partial charge in [-0.3, -0.25) is 4.79 Å². The summed E-state index contributed by atoms with van der Waals surface area (Å²) >= 11 is 0. The lowest BCUT2D eigenvalue weighted by atomic mass is 9.90. The Morgan fingerprint density at radius 2 is 1.72 bits per heavy atom. The Balaban J connectivity index is 1.55. The number of nitrogens with one attached hydrogen (secondary N) is 2. The van der Waals surface area contributed by atoms with E-state index in [1.807, 2.05) is 32.0 Å². The first-order valence-electron chi connectivity index (χ1n) is 12.6. The van der Waals surface area contributed by atoms with Crippen molar-refractivity contribution < 1.29 is 18.0 Å². The lowest BCUT2D eigenvalue weighted by molar-refractivity contribution is 0.102. The average molecular weight is 513 g/mol. The predicted molar refractivity (Wildman–Crippen MR) is 141 cm³/mol. The Bertz CT molecular complexity index is 1260. The zero-order valence-corrected chi connectivity index (χ0v) is 22.3. The topological polar surface area (TPSA) is 98.8 Å².